The Kier molecular flexibility index (Phi) is 13.4. The zero-order chi connectivity index (χ0) is 56.3. The van der Waals surface area contributed by atoms with Crippen LogP contribution in [-0.4, -0.2) is 14.1 Å². The molecule has 0 fully saturated rings. The van der Waals surface area contributed by atoms with Crippen molar-refractivity contribution in [3.63, 3.8) is 0 Å². The molecule has 410 valence electrons. The molecule has 12 aromatic rings. The topological polar surface area (TPSA) is 35.9 Å². The molecular weight excluding hydrogens is 1180 g/mol. The van der Waals surface area contributed by atoms with Gasteiger partial charge in [0, 0.05) is 44.3 Å². The number of aromatic nitrogens is 4. The summed E-state index contributed by atoms with van der Waals surface area (Å²) in [5, 5.41) is 2.21. The van der Waals surface area contributed by atoms with Crippen LogP contribution in [-0.2, 0) is 42.7 Å². The van der Waals surface area contributed by atoms with Gasteiger partial charge >= 0.3 is 0 Å². The summed E-state index contributed by atoms with van der Waals surface area (Å²) in [6.07, 6.45) is 5.98. The third-order valence-corrected chi connectivity index (χ3v) is 16.4. The Bertz CT molecular complexity index is 4440. The van der Waals surface area contributed by atoms with Crippen LogP contribution in [0.4, 0.5) is 0 Å². The molecule has 1 aliphatic heterocycles. The molecule has 5 nitrogen and oxygen atoms in total. The van der Waals surface area contributed by atoms with Crippen LogP contribution in [0.2, 0.25) is 0 Å². The average molecular weight is 1250 g/mol. The summed E-state index contributed by atoms with van der Waals surface area (Å²) >= 11 is 0. The molecule has 0 aliphatic carbocycles. The van der Waals surface area contributed by atoms with Gasteiger partial charge in [-0.2, -0.15) is 18.2 Å². The van der Waals surface area contributed by atoms with Crippen molar-refractivity contribution in [1.82, 2.24) is 14.1 Å². The fourth-order valence-corrected chi connectivity index (χ4v) is 11.8. The van der Waals surface area contributed by atoms with E-state index in [4.69, 9.17) is 9.72 Å². The van der Waals surface area contributed by atoms with E-state index in [1.807, 2.05) is 18.3 Å². The second-order valence-electron chi connectivity index (χ2n) is 26.2. The summed E-state index contributed by atoms with van der Waals surface area (Å²) in [4.78, 5) is 4.93. The van der Waals surface area contributed by atoms with E-state index in [-0.39, 0.29) is 42.7 Å². The molecular formula is C76H68N4OPt-2. The standard InChI is InChI=1S/C76H68N4O.Pt/c1-73(2,3)51-33-31-48(32-34-51)49-41-66-62-26-16-14-24-60(62)59-23-13-15-25-61(59)65-29-20-28-58(50-39-53(75(7,8)9)43-54(40-50)76(10,11)12)71(65)79-47-78(69(42-49)72(66)79)55-21-19-22-56(45-55)81-57-35-36-64-63-27-17-18-30-67(63)80(68(64)46-57)70-44-52(37-38-77-70)74(4,5)6;/h13-44H,1-12H3;/q-2;. The number of imidazole rings is 1. The average Bonchev–Trinajstić information content (AvgIpc) is 4.24. The Hall–Kier alpha value is -8.11. The molecule has 3 aromatic heterocycles. The first-order chi connectivity index (χ1) is 38.7. The Morgan fingerprint density at radius 1 is 0.415 bits per heavy atom. The van der Waals surface area contributed by atoms with Gasteiger partial charge in [0.15, 0.2) is 0 Å². The number of benzene rings is 9. The van der Waals surface area contributed by atoms with Gasteiger partial charge in [-0.15, -0.1) is 29.7 Å². The van der Waals surface area contributed by atoms with E-state index in [2.05, 4.69) is 291 Å². The van der Waals surface area contributed by atoms with Crippen molar-refractivity contribution >= 4 is 32.8 Å². The van der Waals surface area contributed by atoms with Crippen LogP contribution in [0.15, 0.2) is 194 Å². The van der Waals surface area contributed by atoms with Crippen molar-refractivity contribution in [2.24, 2.45) is 0 Å². The fraction of sp³-hybridized carbons (Fsp3) is 0.211. The SMILES string of the molecule is CC(C)(C)c1ccc(-c2cc3c4c(c2)n(-c2[c-]c(Oc5[c-]c6c(cc5)c5ccccc5n6-c5cc(C(C)(C)C)ccn5)ccc2)[c-][n+]4-c2c(-c4cc(C(C)(C)C)cc(C(C)(C)C)c4)cccc2-c2ccccc2-c2ccccc2-3)cc1.[Pt]. The summed E-state index contributed by atoms with van der Waals surface area (Å²) in [7, 11) is 0. The van der Waals surface area contributed by atoms with Gasteiger partial charge in [0.05, 0.1) is 16.7 Å². The molecule has 82 heavy (non-hydrogen) atoms. The smallest absolute Gasteiger partial charge is 0.268 e. The van der Waals surface area contributed by atoms with Crippen LogP contribution < -0.4 is 9.30 Å². The van der Waals surface area contributed by atoms with Crippen LogP contribution in [0.3, 0.4) is 0 Å². The molecule has 0 N–H and O–H groups in total. The maximum Gasteiger partial charge on any atom is 0.268 e. The number of fused-ring (bicyclic) bond motifs is 10. The zero-order valence-electron chi connectivity index (χ0n) is 49.0. The number of hydrogen-bond donors (Lipinski definition) is 0. The minimum Gasteiger partial charge on any atom is -0.510 e. The third-order valence-electron chi connectivity index (χ3n) is 16.4. The second kappa shape index (κ2) is 20.1. The van der Waals surface area contributed by atoms with Crippen molar-refractivity contribution in [2.45, 2.75) is 105 Å². The van der Waals surface area contributed by atoms with Gasteiger partial charge in [-0.05, 0) is 135 Å². The molecule has 0 unspecified atom stereocenters. The number of hydrogen-bond acceptors (Lipinski definition) is 2. The van der Waals surface area contributed by atoms with Gasteiger partial charge in [-0.25, -0.2) is 4.98 Å². The van der Waals surface area contributed by atoms with Gasteiger partial charge in [0.2, 0.25) is 0 Å². The van der Waals surface area contributed by atoms with E-state index in [9.17, 15) is 0 Å². The van der Waals surface area contributed by atoms with Crippen molar-refractivity contribution in [2.75, 3.05) is 0 Å². The second-order valence-corrected chi connectivity index (χ2v) is 26.2. The van der Waals surface area contributed by atoms with Crippen molar-refractivity contribution < 1.29 is 30.4 Å². The summed E-state index contributed by atoms with van der Waals surface area (Å²) in [5.41, 5.74) is 22.1. The number of ether oxygens (including phenoxy) is 1. The van der Waals surface area contributed by atoms with E-state index < -0.39 is 0 Å². The van der Waals surface area contributed by atoms with E-state index in [0.29, 0.717) is 11.5 Å². The maximum absolute atomic E-state index is 6.90. The first-order valence-electron chi connectivity index (χ1n) is 28.4. The monoisotopic (exact) mass is 1250 g/mol. The number of nitrogens with zero attached hydrogens (tertiary/aromatic N) is 4. The normalized spacial score (nSPS) is 12.5. The Morgan fingerprint density at radius 2 is 0.988 bits per heavy atom. The van der Waals surface area contributed by atoms with E-state index in [0.717, 1.165) is 89.0 Å². The molecule has 1 aliphatic rings. The molecule has 0 saturated heterocycles. The molecule has 0 atom stereocenters. The van der Waals surface area contributed by atoms with Gasteiger partial charge in [0.1, 0.15) is 5.82 Å². The Balaban J connectivity index is 0.00000665. The Morgan fingerprint density at radius 3 is 1.65 bits per heavy atom. The van der Waals surface area contributed by atoms with Crippen molar-refractivity contribution in [3.8, 4) is 84.3 Å². The molecule has 0 saturated carbocycles. The number of pyridine rings is 1. The van der Waals surface area contributed by atoms with E-state index in [1.165, 1.54) is 38.9 Å². The molecule has 0 amide bonds. The fourth-order valence-electron chi connectivity index (χ4n) is 11.8. The molecule has 0 spiro atoms. The van der Waals surface area contributed by atoms with Crippen molar-refractivity contribution in [1.29, 1.82) is 0 Å². The summed E-state index contributed by atoms with van der Waals surface area (Å²) in [5.74, 6) is 1.98. The van der Waals surface area contributed by atoms with Gasteiger partial charge in [0.25, 0.3) is 6.33 Å². The Labute approximate surface area is 498 Å². The minimum atomic E-state index is -0.0883. The molecule has 0 radical (unpaired) electrons. The largest absolute Gasteiger partial charge is 0.510 e. The molecule has 6 heteroatoms. The van der Waals surface area contributed by atoms with Crippen LogP contribution in [0, 0.1) is 18.5 Å². The zero-order valence-corrected chi connectivity index (χ0v) is 51.3. The first kappa shape index (κ1) is 54.5. The van der Waals surface area contributed by atoms with Gasteiger partial charge in [-0.1, -0.05) is 222 Å². The molecule has 9 aromatic carbocycles. The third kappa shape index (κ3) is 9.61. The number of para-hydroxylation sites is 2. The van der Waals surface area contributed by atoms with Crippen LogP contribution in [0.5, 0.6) is 11.5 Å². The summed E-state index contributed by atoms with van der Waals surface area (Å²) < 4.78 is 13.7. The predicted molar refractivity (Wildman–Crippen MR) is 336 cm³/mol. The summed E-state index contributed by atoms with van der Waals surface area (Å²) in [6.45, 7) is 27.4. The van der Waals surface area contributed by atoms with Gasteiger partial charge < -0.3 is 13.9 Å². The maximum atomic E-state index is 6.90. The van der Waals surface area contributed by atoms with E-state index in [1.54, 1.807) is 0 Å². The molecule has 0 bridgehead atoms. The van der Waals surface area contributed by atoms with Crippen LogP contribution in [0.1, 0.15) is 105 Å². The summed E-state index contributed by atoms with van der Waals surface area (Å²) in [6, 6.07) is 76.4. The molecule has 4 heterocycles. The van der Waals surface area contributed by atoms with Gasteiger partial charge in [-0.3, -0.25) is 4.57 Å². The quantitative estimate of drug-likeness (QED) is 0.123. The first-order valence-corrected chi connectivity index (χ1v) is 28.4. The van der Waals surface area contributed by atoms with E-state index >= 15 is 0 Å². The minimum absolute atomic E-state index is 0. The predicted octanol–water partition coefficient (Wildman–Crippen LogP) is 19.4. The number of rotatable bonds is 6. The van der Waals surface area contributed by atoms with Crippen LogP contribution >= 0.6 is 0 Å². The van der Waals surface area contributed by atoms with Crippen molar-refractivity contribution in [3.05, 3.63) is 235 Å². The molecule has 13 rings (SSSR count). The van der Waals surface area contributed by atoms with Crippen LogP contribution in [0.25, 0.3) is 106 Å².